The Balaban J connectivity index is 1.90. The van der Waals surface area contributed by atoms with Crippen molar-refractivity contribution in [2.24, 2.45) is 0 Å². The molecule has 2 heterocycles. The van der Waals surface area contributed by atoms with E-state index in [1.165, 1.54) is 6.42 Å². The van der Waals surface area contributed by atoms with Crippen molar-refractivity contribution in [3.8, 4) is 11.4 Å². The van der Waals surface area contributed by atoms with Crippen LogP contribution < -0.4 is 5.32 Å². The number of H-pyrrole nitrogens is 1. The molecular formula is C13H14Cl2N4. The number of piperidine rings is 1. The fourth-order valence-corrected chi connectivity index (χ4v) is 2.72. The molecule has 6 heteroatoms. The number of halogens is 2. The predicted molar refractivity (Wildman–Crippen MR) is 76.7 cm³/mol. The van der Waals surface area contributed by atoms with Gasteiger partial charge in [0.2, 0.25) is 0 Å². The van der Waals surface area contributed by atoms with E-state index in [4.69, 9.17) is 23.2 Å². The lowest BCUT2D eigenvalue weighted by atomic mass is 9.99. The highest BCUT2D eigenvalue weighted by Gasteiger charge is 2.20. The molecule has 4 nitrogen and oxygen atoms in total. The molecule has 1 atom stereocenters. The minimum atomic E-state index is 0.396. The molecule has 1 aliphatic heterocycles. The summed E-state index contributed by atoms with van der Waals surface area (Å²) in [6.45, 7) is 2.02. The maximum Gasteiger partial charge on any atom is 0.182 e. The summed E-state index contributed by atoms with van der Waals surface area (Å²) in [7, 11) is 0. The predicted octanol–water partition coefficient (Wildman–Crippen LogP) is 3.25. The van der Waals surface area contributed by atoms with Gasteiger partial charge in [0, 0.05) is 18.0 Å². The fraction of sp³-hybridized carbons (Fsp3) is 0.385. The molecule has 2 aromatic rings. The van der Waals surface area contributed by atoms with E-state index in [0.717, 1.165) is 30.9 Å². The van der Waals surface area contributed by atoms with Gasteiger partial charge in [-0.2, -0.15) is 5.10 Å². The van der Waals surface area contributed by atoms with E-state index < -0.39 is 0 Å². The smallest absolute Gasteiger partial charge is 0.182 e. The second-order valence-corrected chi connectivity index (χ2v) is 5.47. The van der Waals surface area contributed by atoms with Crippen LogP contribution in [0.1, 0.15) is 24.6 Å². The summed E-state index contributed by atoms with van der Waals surface area (Å²) in [6, 6.07) is 5.48. The summed E-state index contributed by atoms with van der Waals surface area (Å²) < 4.78 is 0. The van der Waals surface area contributed by atoms with Crippen LogP contribution in [0.25, 0.3) is 11.4 Å². The number of benzene rings is 1. The number of rotatable bonds is 2. The van der Waals surface area contributed by atoms with Crippen molar-refractivity contribution in [1.29, 1.82) is 0 Å². The van der Waals surface area contributed by atoms with Gasteiger partial charge in [-0.15, -0.1) is 0 Å². The Hall–Kier alpha value is -1.10. The third-order valence-corrected chi connectivity index (χ3v) is 4.20. The zero-order chi connectivity index (χ0) is 13.2. The van der Waals surface area contributed by atoms with Gasteiger partial charge >= 0.3 is 0 Å². The molecule has 0 aliphatic carbocycles. The SMILES string of the molecule is Clc1cccc(-c2n[nH]c(C3CCCNC3)n2)c1Cl. The third-order valence-electron chi connectivity index (χ3n) is 3.38. The van der Waals surface area contributed by atoms with E-state index in [2.05, 4.69) is 20.5 Å². The molecule has 1 fully saturated rings. The largest absolute Gasteiger partial charge is 0.316 e. The molecule has 1 aromatic carbocycles. The van der Waals surface area contributed by atoms with Crippen LogP contribution in [-0.2, 0) is 0 Å². The normalized spacial score (nSPS) is 19.6. The Kier molecular flexibility index (Phi) is 3.73. The van der Waals surface area contributed by atoms with Crippen LogP contribution in [-0.4, -0.2) is 28.3 Å². The maximum atomic E-state index is 6.18. The minimum absolute atomic E-state index is 0.396. The number of hydrogen-bond acceptors (Lipinski definition) is 3. The molecule has 0 bridgehead atoms. The van der Waals surface area contributed by atoms with Crippen LogP contribution in [0, 0.1) is 0 Å². The number of nitrogens with zero attached hydrogens (tertiary/aromatic N) is 2. The second-order valence-electron chi connectivity index (χ2n) is 4.69. The highest BCUT2D eigenvalue weighted by molar-refractivity contribution is 6.43. The van der Waals surface area contributed by atoms with Gasteiger partial charge in [-0.1, -0.05) is 29.3 Å². The average Bonchev–Trinajstić information content (AvgIpc) is 2.92. The molecule has 1 aromatic heterocycles. The average molecular weight is 297 g/mol. The monoisotopic (exact) mass is 296 g/mol. The Labute approximate surface area is 121 Å². The lowest BCUT2D eigenvalue weighted by molar-refractivity contribution is 0.447. The zero-order valence-corrected chi connectivity index (χ0v) is 11.8. The van der Waals surface area contributed by atoms with Gasteiger partial charge in [0.05, 0.1) is 10.0 Å². The van der Waals surface area contributed by atoms with Gasteiger partial charge in [-0.05, 0) is 31.5 Å². The lowest BCUT2D eigenvalue weighted by Crippen LogP contribution is -2.28. The molecule has 0 radical (unpaired) electrons. The highest BCUT2D eigenvalue weighted by Crippen LogP contribution is 2.32. The van der Waals surface area contributed by atoms with E-state index in [0.29, 0.717) is 21.8 Å². The zero-order valence-electron chi connectivity index (χ0n) is 10.3. The number of aromatic nitrogens is 3. The van der Waals surface area contributed by atoms with Crippen molar-refractivity contribution in [3.63, 3.8) is 0 Å². The standard InChI is InChI=1S/C13H14Cl2N4/c14-10-5-1-4-9(11(10)15)13-17-12(18-19-13)8-3-2-6-16-7-8/h1,4-5,8,16H,2-3,6-7H2,(H,17,18,19). The van der Waals surface area contributed by atoms with Crippen LogP contribution in [0.5, 0.6) is 0 Å². The summed E-state index contributed by atoms with van der Waals surface area (Å²) in [5.74, 6) is 1.92. The van der Waals surface area contributed by atoms with E-state index in [-0.39, 0.29) is 0 Å². The topological polar surface area (TPSA) is 53.6 Å². The van der Waals surface area contributed by atoms with Gasteiger partial charge in [0.15, 0.2) is 5.82 Å². The van der Waals surface area contributed by atoms with Crippen LogP contribution >= 0.6 is 23.2 Å². The van der Waals surface area contributed by atoms with Crippen molar-refractivity contribution < 1.29 is 0 Å². The molecule has 0 saturated carbocycles. The van der Waals surface area contributed by atoms with Gasteiger partial charge in [0.1, 0.15) is 5.82 Å². The van der Waals surface area contributed by atoms with E-state index in [1.54, 1.807) is 6.07 Å². The molecule has 1 unspecified atom stereocenters. The molecular weight excluding hydrogens is 283 g/mol. The van der Waals surface area contributed by atoms with Crippen molar-refractivity contribution in [3.05, 3.63) is 34.1 Å². The fourth-order valence-electron chi connectivity index (χ4n) is 2.34. The van der Waals surface area contributed by atoms with Crippen molar-refractivity contribution in [2.45, 2.75) is 18.8 Å². The first-order chi connectivity index (χ1) is 9.25. The first-order valence-corrected chi connectivity index (χ1v) is 7.08. The van der Waals surface area contributed by atoms with Gasteiger partial charge in [-0.3, -0.25) is 5.10 Å². The molecule has 100 valence electrons. The lowest BCUT2D eigenvalue weighted by Gasteiger charge is -2.20. The summed E-state index contributed by atoms with van der Waals surface area (Å²) in [5, 5.41) is 11.7. The van der Waals surface area contributed by atoms with E-state index >= 15 is 0 Å². The Bertz CT molecular complexity index is 576. The van der Waals surface area contributed by atoms with Crippen molar-refractivity contribution in [1.82, 2.24) is 20.5 Å². The van der Waals surface area contributed by atoms with Crippen molar-refractivity contribution >= 4 is 23.2 Å². The van der Waals surface area contributed by atoms with Gasteiger partial charge in [0.25, 0.3) is 0 Å². The summed E-state index contributed by atoms with van der Waals surface area (Å²) >= 11 is 12.2. The highest BCUT2D eigenvalue weighted by atomic mass is 35.5. The number of aromatic amines is 1. The molecule has 0 spiro atoms. The van der Waals surface area contributed by atoms with Crippen molar-refractivity contribution in [2.75, 3.05) is 13.1 Å². The summed E-state index contributed by atoms with van der Waals surface area (Å²) in [5.41, 5.74) is 0.764. The Morgan fingerprint density at radius 3 is 2.95 bits per heavy atom. The second kappa shape index (κ2) is 5.49. The Morgan fingerprint density at radius 1 is 1.26 bits per heavy atom. The van der Waals surface area contributed by atoms with Gasteiger partial charge < -0.3 is 5.32 Å². The van der Waals surface area contributed by atoms with Crippen LogP contribution in [0.4, 0.5) is 0 Å². The number of nitrogens with one attached hydrogen (secondary N) is 2. The molecule has 2 N–H and O–H groups in total. The van der Waals surface area contributed by atoms with Crippen LogP contribution in [0.3, 0.4) is 0 Å². The molecule has 19 heavy (non-hydrogen) atoms. The molecule has 1 saturated heterocycles. The quantitative estimate of drug-likeness (QED) is 0.894. The minimum Gasteiger partial charge on any atom is -0.316 e. The van der Waals surface area contributed by atoms with Crippen LogP contribution in [0.2, 0.25) is 10.0 Å². The maximum absolute atomic E-state index is 6.18. The third kappa shape index (κ3) is 2.61. The van der Waals surface area contributed by atoms with Gasteiger partial charge in [-0.25, -0.2) is 4.98 Å². The Morgan fingerprint density at radius 2 is 2.16 bits per heavy atom. The summed E-state index contributed by atoms with van der Waals surface area (Å²) in [4.78, 5) is 4.56. The first kappa shape index (κ1) is 12.9. The van der Waals surface area contributed by atoms with E-state index in [1.807, 2.05) is 12.1 Å². The van der Waals surface area contributed by atoms with E-state index in [9.17, 15) is 0 Å². The van der Waals surface area contributed by atoms with Crippen LogP contribution in [0.15, 0.2) is 18.2 Å². The first-order valence-electron chi connectivity index (χ1n) is 6.33. The molecule has 0 amide bonds. The number of hydrogen-bond donors (Lipinski definition) is 2. The molecule has 3 rings (SSSR count). The summed E-state index contributed by atoms with van der Waals surface area (Å²) in [6.07, 6.45) is 2.30. The molecule has 1 aliphatic rings.